The highest BCUT2D eigenvalue weighted by Gasteiger charge is 2.16. The van der Waals surface area contributed by atoms with Crippen LogP contribution in [0.2, 0.25) is 0 Å². The van der Waals surface area contributed by atoms with Crippen LogP contribution in [0, 0.1) is 0 Å². The number of aryl methyl sites for hydroxylation is 1. The van der Waals surface area contributed by atoms with Gasteiger partial charge < -0.3 is 9.47 Å². The van der Waals surface area contributed by atoms with Gasteiger partial charge in [0.25, 0.3) is 0 Å². The van der Waals surface area contributed by atoms with Crippen LogP contribution in [0.5, 0.6) is 11.5 Å². The summed E-state index contributed by atoms with van der Waals surface area (Å²) in [6.45, 7) is 0.750. The van der Waals surface area contributed by atoms with Crippen LogP contribution in [-0.2, 0) is 6.42 Å². The maximum atomic E-state index is 12.3. The minimum atomic E-state index is -0.379. The van der Waals surface area contributed by atoms with Gasteiger partial charge in [0.15, 0.2) is 0 Å². The van der Waals surface area contributed by atoms with Gasteiger partial charge in [0.2, 0.25) is 0 Å². The van der Waals surface area contributed by atoms with Crippen LogP contribution in [-0.4, -0.2) is 22.0 Å². The fourth-order valence-corrected chi connectivity index (χ4v) is 3.25. The zero-order valence-electron chi connectivity index (χ0n) is 11.1. The number of rotatable bonds is 2. The molecule has 21 heavy (non-hydrogen) atoms. The Bertz CT molecular complexity index is 821. The summed E-state index contributed by atoms with van der Waals surface area (Å²) in [4.78, 5) is 17.2. The maximum absolute atomic E-state index is 12.3. The fraction of sp³-hybridized carbons (Fsp3) is 0.200. The molecule has 6 heteroatoms. The molecule has 1 aliphatic rings. The predicted octanol–water partition coefficient (Wildman–Crippen LogP) is 2.94. The van der Waals surface area contributed by atoms with Crippen LogP contribution in [0.3, 0.4) is 0 Å². The van der Waals surface area contributed by atoms with Crippen LogP contribution in [0.1, 0.15) is 22.5 Å². The molecule has 5 nitrogen and oxygen atoms in total. The molecule has 0 amide bonds. The van der Waals surface area contributed by atoms with Crippen molar-refractivity contribution >= 4 is 22.1 Å². The number of nitrogens with zero attached hydrogens (tertiary/aromatic N) is 2. The summed E-state index contributed by atoms with van der Waals surface area (Å²) in [5, 5.41) is 1.78. The normalized spacial score (nSPS) is 13.7. The average Bonchev–Trinajstić information content (AvgIpc) is 3.09. The third kappa shape index (κ3) is 2.17. The summed E-state index contributed by atoms with van der Waals surface area (Å²) in [6.07, 6.45) is 5.27. The summed E-state index contributed by atoms with van der Waals surface area (Å²) in [7, 11) is 0. The third-order valence-corrected chi connectivity index (χ3v) is 4.34. The maximum Gasteiger partial charge on any atom is 0.361 e. The van der Waals surface area contributed by atoms with Crippen molar-refractivity contribution in [1.82, 2.24) is 9.38 Å². The zero-order chi connectivity index (χ0) is 14.2. The first-order valence-corrected chi connectivity index (χ1v) is 7.57. The van der Waals surface area contributed by atoms with E-state index < -0.39 is 0 Å². The van der Waals surface area contributed by atoms with E-state index in [2.05, 4.69) is 4.98 Å². The van der Waals surface area contributed by atoms with Gasteiger partial charge in [0.05, 0.1) is 12.8 Å². The van der Waals surface area contributed by atoms with E-state index in [1.54, 1.807) is 28.4 Å². The Morgan fingerprint density at radius 1 is 1.43 bits per heavy atom. The number of ether oxygens (including phenoxy) is 2. The van der Waals surface area contributed by atoms with Crippen molar-refractivity contribution in [3.63, 3.8) is 0 Å². The van der Waals surface area contributed by atoms with Crippen LogP contribution < -0.4 is 9.47 Å². The van der Waals surface area contributed by atoms with Gasteiger partial charge >= 0.3 is 5.97 Å². The molecule has 1 aromatic carbocycles. The number of esters is 1. The topological polar surface area (TPSA) is 52.8 Å². The lowest BCUT2D eigenvalue weighted by Gasteiger charge is -2.17. The molecule has 106 valence electrons. The van der Waals surface area contributed by atoms with E-state index in [9.17, 15) is 4.79 Å². The summed E-state index contributed by atoms with van der Waals surface area (Å²) in [6, 6.07) is 5.50. The molecule has 0 fully saturated rings. The minimum absolute atomic E-state index is 0.379. The molecule has 0 atom stereocenters. The third-order valence-electron chi connectivity index (χ3n) is 3.46. The Morgan fingerprint density at radius 2 is 2.38 bits per heavy atom. The van der Waals surface area contributed by atoms with Crippen LogP contribution >= 0.6 is 11.3 Å². The van der Waals surface area contributed by atoms with Crippen molar-refractivity contribution in [2.75, 3.05) is 6.61 Å². The number of carbonyl (C=O) groups is 1. The number of hydrogen-bond donors (Lipinski definition) is 0. The molecule has 4 rings (SSSR count). The number of imidazole rings is 1. The number of aromatic nitrogens is 2. The molecule has 0 N–H and O–H groups in total. The number of benzene rings is 1. The molecule has 3 aromatic rings. The second kappa shape index (κ2) is 4.89. The summed E-state index contributed by atoms with van der Waals surface area (Å²) in [5.41, 5.74) is 1.58. The monoisotopic (exact) mass is 300 g/mol. The van der Waals surface area contributed by atoms with E-state index in [1.165, 1.54) is 11.3 Å². The molecule has 0 unspecified atom stereocenters. The Kier molecular flexibility index (Phi) is 2.89. The lowest BCUT2D eigenvalue weighted by molar-refractivity contribution is 0.0727. The first-order valence-electron chi connectivity index (χ1n) is 6.69. The highest BCUT2D eigenvalue weighted by Crippen LogP contribution is 2.29. The van der Waals surface area contributed by atoms with Gasteiger partial charge in [-0.05, 0) is 36.6 Å². The van der Waals surface area contributed by atoms with Gasteiger partial charge in [0.1, 0.15) is 28.4 Å². The molecule has 0 saturated heterocycles. The van der Waals surface area contributed by atoms with E-state index in [-0.39, 0.29) is 5.97 Å². The predicted molar refractivity (Wildman–Crippen MR) is 78.3 cm³/mol. The van der Waals surface area contributed by atoms with Gasteiger partial charge in [-0.1, -0.05) is 0 Å². The number of fused-ring (bicyclic) bond motifs is 2. The van der Waals surface area contributed by atoms with Crippen LogP contribution in [0.15, 0.2) is 36.1 Å². The van der Waals surface area contributed by atoms with Gasteiger partial charge in [0, 0.05) is 5.38 Å². The molecule has 0 spiro atoms. The van der Waals surface area contributed by atoms with Gasteiger partial charge in [-0.15, -0.1) is 11.3 Å². The van der Waals surface area contributed by atoms with Crippen LogP contribution in [0.4, 0.5) is 0 Å². The summed E-state index contributed by atoms with van der Waals surface area (Å²) < 4.78 is 12.7. The molecular formula is C15H12N2O3S. The number of hydrogen-bond acceptors (Lipinski definition) is 5. The van der Waals surface area contributed by atoms with E-state index in [0.717, 1.165) is 35.6 Å². The van der Waals surface area contributed by atoms with Gasteiger partial charge in [-0.3, -0.25) is 4.40 Å². The highest BCUT2D eigenvalue weighted by molar-refractivity contribution is 7.15. The smallest absolute Gasteiger partial charge is 0.361 e. The van der Waals surface area contributed by atoms with Crippen LogP contribution in [0.25, 0.3) is 4.83 Å². The van der Waals surface area contributed by atoms with Crippen molar-refractivity contribution in [1.29, 1.82) is 0 Å². The molecule has 0 saturated carbocycles. The van der Waals surface area contributed by atoms with Crippen molar-refractivity contribution in [2.24, 2.45) is 0 Å². The van der Waals surface area contributed by atoms with E-state index in [1.807, 2.05) is 12.1 Å². The van der Waals surface area contributed by atoms with Gasteiger partial charge in [-0.25, -0.2) is 9.78 Å². The molecule has 0 radical (unpaired) electrons. The van der Waals surface area contributed by atoms with Crippen molar-refractivity contribution in [2.45, 2.75) is 12.8 Å². The Labute approximate surface area is 124 Å². The molecule has 0 aliphatic carbocycles. The molecule has 0 bridgehead atoms. The standard InChI is InChI=1S/C15H12N2O3S/c18-15(12-8-21-14-7-16-9-17(12)14)20-11-3-4-13-10(6-11)2-1-5-19-13/h3-4,6-9H,1-2,5H2. The summed E-state index contributed by atoms with van der Waals surface area (Å²) >= 11 is 1.46. The Balaban J connectivity index is 1.61. The first-order chi connectivity index (χ1) is 10.3. The molecule has 2 aromatic heterocycles. The van der Waals surface area contributed by atoms with Gasteiger partial charge in [-0.2, -0.15) is 0 Å². The quantitative estimate of drug-likeness (QED) is 0.539. The fourth-order valence-electron chi connectivity index (χ4n) is 2.43. The SMILES string of the molecule is O=C(Oc1ccc2c(c1)CCCO2)c1csc2cncn12. The average molecular weight is 300 g/mol. The zero-order valence-corrected chi connectivity index (χ0v) is 11.9. The summed E-state index contributed by atoms with van der Waals surface area (Å²) in [5.74, 6) is 1.05. The number of carbonyl (C=O) groups excluding carboxylic acids is 1. The van der Waals surface area contributed by atoms with E-state index in [0.29, 0.717) is 11.4 Å². The molecule has 1 aliphatic heterocycles. The molecular weight excluding hydrogens is 288 g/mol. The second-order valence-electron chi connectivity index (χ2n) is 4.83. The number of thiazole rings is 1. The van der Waals surface area contributed by atoms with Crippen molar-refractivity contribution < 1.29 is 14.3 Å². The van der Waals surface area contributed by atoms with E-state index in [4.69, 9.17) is 9.47 Å². The lowest BCUT2D eigenvalue weighted by atomic mass is 10.1. The Morgan fingerprint density at radius 3 is 3.33 bits per heavy atom. The minimum Gasteiger partial charge on any atom is -0.493 e. The first kappa shape index (κ1) is 12.4. The largest absolute Gasteiger partial charge is 0.493 e. The Hall–Kier alpha value is -2.34. The van der Waals surface area contributed by atoms with E-state index >= 15 is 0 Å². The second-order valence-corrected chi connectivity index (χ2v) is 5.72. The molecule has 3 heterocycles. The highest BCUT2D eigenvalue weighted by atomic mass is 32.1. The van der Waals surface area contributed by atoms with Crippen molar-refractivity contribution in [3.05, 3.63) is 47.4 Å². The lowest BCUT2D eigenvalue weighted by Crippen LogP contribution is -2.12. The van der Waals surface area contributed by atoms with Crippen molar-refractivity contribution in [3.8, 4) is 11.5 Å².